The molecule has 11 heavy (non-hydrogen) atoms. The molecule has 0 spiro atoms. The average Bonchev–Trinajstić information content (AvgIpc) is 2.08. The van der Waals surface area contributed by atoms with Gasteiger partial charge in [0, 0.05) is 0 Å². The van der Waals surface area contributed by atoms with E-state index in [1.165, 1.54) is 6.92 Å². The quantitative estimate of drug-likeness (QED) is 0.471. The maximum absolute atomic E-state index is 11.0. The highest BCUT2D eigenvalue weighted by Crippen LogP contribution is 2.22. The summed E-state index contributed by atoms with van der Waals surface area (Å²) >= 11 is 11.0. The van der Waals surface area contributed by atoms with Gasteiger partial charge in [0.25, 0.3) is 5.91 Å². The Bertz CT molecular complexity index is 219. The van der Waals surface area contributed by atoms with E-state index in [1.807, 2.05) is 5.32 Å². The summed E-state index contributed by atoms with van der Waals surface area (Å²) in [4.78, 5) is 20.6. The molecular formula is C5H6Cl2N2O2. The van der Waals surface area contributed by atoms with Gasteiger partial charge in [-0.2, -0.15) is 0 Å². The zero-order chi connectivity index (χ0) is 8.65. The molecule has 1 rings (SSSR count). The Morgan fingerprint density at radius 3 is 2.18 bits per heavy atom. The maximum Gasteiger partial charge on any atom is 0.322 e. The first-order valence-corrected chi connectivity index (χ1v) is 3.76. The first-order valence-electron chi connectivity index (χ1n) is 2.88. The fraction of sp³-hybridized carbons (Fsp3) is 0.600. The summed E-state index contributed by atoms with van der Waals surface area (Å²) in [5, 5.41) is 4.35. The molecule has 0 aromatic rings. The summed E-state index contributed by atoms with van der Waals surface area (Å²) in [6.45, 7) is 1.46. The predicted molar refractivity (Wildman–Crippen MR) is 40.6 cm³/mol. The number of imide groups is 1. The lowest BCUT2D eigenvalue weighted by atomic mass is 10.1. The molecule has 62 valence electrons. The molecule has 6 heteroatoms. The van der Waals surface area contributed by atoms with Crippen LogP contribution in [0.4, 0.5) is 4.79 Å². The summed E-state index contributed by atoms with van der Waals surface area (Å²) in [6, 6.07) is -0.566. The van der Waals surface area contributed by atoms with Gasteiger partial charge in [0.2, 0.25) is 0 Å². The highest BCUT2D eigenvalue weighted by atomic mass is 35.5. The summed E-state index contributed by atoms with van der Waals surface area (Å²) in [7, 11) is 0. The number of hydrogen-bond acceptors (Lipinski definition) is 2. The van der Waals surface area contributed by atoms with Gasteiger partial charge in [-0.25, -0.2) is 4.79 Å². The highest BCUT2D eigenvalue weighted by molar-refractivity contribution is 6.47. The van der Waals surface area contributed by atoms with Gasteiger partial charge in [-0.15, -0.1) is 23.2 Å². The van der Waals surface area contributed by atoms with Crippen LogP contribution in [-0.4, -0.2) is 22.3 Å². The lowest BCUT2D eigenvalue weighted by Gasteiger charge is -2.20. The fourth-order valence-electron chi connectivity index (χ4n) is 0.710. The highest BCUT2D eigenvalue weighted by Gasteiger charge is 2.46. The van der Waals surface area contributed by atoms with E-state index in [4.69, 9.17) is 23.2 Å². The maximum atomic E-state index is 11.0. The van der Waals surface area contributed by atoms with E-state index in [2.05, 4.69) is 5.32 Å². The number of carbonyl (C=O) groups is 2. The number of amides is 3. The second-order valence-corrected chi connectivity index (χ2v) is 3.51. The molecule has 1 fully saturated rings. The Balaban J connectivity index is 2.87. The average molecular weight is 197 g/mol. The lowest BCUT2D eigenvalue weighted by molar-refractivity contribution is -0.122. The van der Waals surface area contributed by atoms with Crippen LogP contribution in [0.2, 0.25) is 0 Å². The van der Waals surface area contributed by atoms with Gasteiger partial charge in [-0.05, 0) is 6.92 Å². The van der Waals surface area contributed by atoms with Gasteiger partial charge in [-0.3, -0.25) is 10.1 Å². The molecule has 0 aromatic heterocycles. The molecule has 1 atom stereocenters. The Morgan fingerprint density at radius 1 is 1.45 bits per heavy atom. The van der Waals surface area contributed by atoms with Crippen LogP contribution in [0.3, 0.4) is 0 Å². The van der Waals surface area contributed by atoms with Crippen LogP contribution in [0.1, 0.15) is 6.92 Å². The molecule has 0 radical (unpaired) electrons. The molecule has 1 aliphatic rings. The summed E-state index contributed by atoms with van der Waals surface area (Å²) in [5.41, 5.74) is -1.19. The van der Waals surface area contributed by atoms with E-state index in [0.29, 0.717) is 0 Å². The molecule has 1 unspecified atom stereocenters. The van der Waals surface area contributed by atoms with Gasteiger partial charge in [0.05, 0.1) is 0 Å². The van der Waals surface area contributed by atoms with Crippen LogP contribution in [0.5, 0.6) is 0 Å². The molecule has 0 aliphatic carbocycles. The van der Waals surface area contributed by atoms with Gasteiger partial charge < -0.3 is 5.32 Å². The third-order valence-electron chi connectivity index (χ3n) is 1.51. The standard InChI is InChI=1S/C5H6Cl2N2O2/c1-5(2(6)7)3(10)8-4(11)9-5/h2H,1H3,(H2,8,9,10,11). The predicted octanol–water partition coefficient (Wildman–Crippen LogP) is 0.388. The Morgan fingerprint density at radius 2 is 2.00 bits per heavy atom. The second kappa shape index (κ2) is 2.53. The monoisotopic (exact) mass is 196 g/mol. The normalized spacial score (nSPS) is 30.5. The van der Waals surface area contributed by atoms with Crippen molar-refractivity contribution in [3.8, 4) is 0 Å². The van der Waals surface area contributed by atoms with Crippen LogP contribution in [0.25, 0.3) is 0 Å². The van der Waals surface area contributed by atoms with Crippen molar-refractivity contribution in [2.75, 3.05) is 0 Å². The van der Waals surface area contributed by atoms with Crippen LogP contribution < -0.4 is 10.6 Å². The van der Waals surface area contributed by atoms with Gasteiger partial charge in [-0.1, -0.05) is 0 Å². The number of halogens is 2. The molecule has 2 N–H and O–H groups in total. The zero-order valence-corrected chi connectivity index (χ0v) is 7.16. The molecule has 1 aliphatic heterocycles. The van der Waals surface area contributed by atoms with E-state index in [-0.39, 0.29) is 0 Å². The molecule has 0 bridgehead atoms. The topological polar surface area (TPSA) is 58.2 Å². The molecule has 1 saturated heterocycles. The Labute approximate surface area is 73.2 Å². The SMILES string of the molecule is CC1(C(Cl)Cl)NC(=O)NC1=O. The molecule has 0 saturated carbocycles. The van der Waals surface area contributed by atoms with Crippen LogP contribution in [0, 0.1) is 0 Å². The smallest absolute Gasteiger partial charge is 0.321 e. The first kappa shape index (κ1) is 8.62. The molecule has 1 heterocycles. The van der Waals surface area contributed by atoms with Crippen LogP contribution >= 0.6 is 23.2 Å². The molecule has 4 nitrogen and oxygen atoms in total. The molecular weight excluding hydrogens is 191 g/mol. The first-order chi connectivity index (χ1) is 4.97. The third kappa shape index (κ3) is 1.28. The second-order valence-electron chi connectivity index (χ2n) is 2.41. The zero-order valence-electron chi connectivity index (χ0n) is 5.65. The molecule has 3 amide bonds. The van der Waals surface area contributed by atoms with Gasteiger partial charge in [0.1, 0.15) is 10.4 Å². The van der Waals surface area contributed by atoms with E-state index in [9.17, 15) is 9.59 Å². The van der Waals surface area contributed by atoms with E-state index in [0.717, 1.165) is 0 Å². The van der Waals surface area contributed by atoms with Crippen molar-refractivity contribution in [2.45, 2.75) is 17.3 Å². The van der Waals surface area contributed by atoms with Crippen molar-refractivity contribution < 1.29 is 9.59 Å². The van der Waals surface area contributed by atoms with Gasteiger partial charge in [0.15, 0.2) is 0 Å². The van der Waals surface area contributed by atoms with E-state index < -0.39 is 22.3 Å². The van der Waals surface area contributed by atoms with Crippen molar-refractivity contribution in [1.82, 2.24) is 10.6 Å². The van der Waals surface area contributed by atoms with Crippen LogP contribution in [-0.2, 0) is 4.79 Å². The Hall–Kier alpha value is -0.480. The third-order valence-corrected chi connectivity index (χ3v) is 2.38. The van der Waals surface area contributed by atoms with Gasteiger partial charge >= 0.3 is 6.03 Å². The summed E-state index contributed by atoms with van der Waals surface area (Å²) in [6.07, 6.45) is 0. The van der Waals surface area contributed by atoms with Crippen molar-refractivity contribution in [2.24, 2.45) is 0 Å². The van der Waals surface area contributed by atoms with Crippen molar-refractivity contribution in [3.05, 3.63) is 0 Å². The number of nitrogens with one attached hydrogen (secondary N) is 2. The molecule has 0 aromatic carbocycles. The minimum absolute atomic E-state index is 0.502. The van der Waals surface area contributed by atoms with Crippen LogP contribution in [0.15, 0.2) is 0 Å². The number of hydrogen-bond donors (Lipinski definition) is 2. The van der Waals surface area contributed by atoms with E-state index >= 15 is 0 Å². The summed E-state index contributed by atoms with van der Waals surface area (Å²) < 4.78 is 0. The largest absolute Gasteiger partial charge is 0.322 e. The number of carbonyl (C=O) groups excluding carboxylic acids is 2. The Kier molecular flexibility index (Phi) is 1.98. The number of alkyl halides is 2. The summed E-state index contributed by atoms with van der Waals surface area (Å²) in [5.74, 6) is -0.502. The van der Waals surface area contributed by atoms with Crippen molar-refractivity contribution >= 4 is 35.1 Å². The fourth-order valence-corrected chi connectivity index (χ4v) is 1.02. The lowest BCUT2D eigenvalue weighted by Crippen LogP contribution is -2.49. The number of urea groups is 1. The number of rotatable bonds is 1. The minimum Gasteiger partial charge on any atom is -0.321 e. The van der Waals surface area contributed by atoms with Crippen molar-refractivity contribution in [1.29, 1.82) is 0 Å². The van der Waals surface area contributed by atoms with E-state index in [1.54, 1.807) is 0 Å². The van der Waals surface area contributed by atoms with Crippen molar-refractivity contribution in [3.63, 3.8) is 0 Å². The minimum atomic E-state index is -1.19.